The van der Waals surface area contributed by atoms with Crippen LogP contribution in [0, 0.1) is 6.92 Å². The SMILES string of the molecule is CCC(N)Cc1c(Sc2ncc(C)cn2)nc2sccn12. The summed E-state index contributed by atoms with van der Waals surface area (Å²) in [5, 5.41) is 3.72. The van der Waals surface area contributed by atoms with E-state index >= 15 is 0 Å². The molecule has 7 heteroatoms. The Bertz CT molecular complexity index is 731. The smallest absolute Gasteiger partial charge is 0.194 e. The number of fused-ring (bicyclic) bond motifs is 1. The highest BCUT2D eigenvalue weighted by Crippen LogP contribution is 2.30. The van der Waals surface area contributed by atoms with Crippen LogP contribution in [0.4, 0.5) is 0 Å². The van der Waals surface area contributed by atoms with Gasteiger partial charge in [0.25, 0.3) is 0 Å². The van der Waals surface area contributed by atoms with Crippen LogP contribution >= 0.6 is 23.1 Å². The van der Waals surface area contributed by atoms with E-state index in [1.807, 2.05) is 30.9 Å². The Morgan fingerprint density at radius 3 is 2.86 bits per heavy atom. The van der Waals surface area contributed by atoms with Gasteiger partial charge in [0.1, 0.15) is 5.03 Å². The minimum Gasteiger partial charge on any atom is -0.327 e. The van der Waals surface area contributed by atoms with Gasteiger partial charge < -0.3 is 5.73 Å². The van der Waals surface area contributed by atoms with E-state index in [0.29, 0.717) is 0 Å². The van der Waals surface area contributed by atoms with Gasteiger partial charge in [0, 0.05) is 36.4 Å². The monoisotopic (exact) mass is 319 g/mol. The van der Waals surface area contributed by atoms with Crippen molar-refractivity contribution in [1.82, 2.24) is 19.4 Å². The Morgan fingerprint density at radius 1 is 1.38 bits per heavy atom. The molecule has 1 atom stereocenters. The third-order valence-corrected chi connectivity index (χ3v) is 4.92. The van der Waals surface area contributed by atoms with E-state index in [-0.39, 0.29) is 6.04 Å². The van der Waals surface area contributed by atoms with Crippen molar-refractivity contribution < 1.29 is 0 Å². The highest BCUT2D eigenvalue weighted by atomic mass is 32.2. The average molecular weight is 319 g/mol. The fraction of sp³-hybridized carbons (Fsp3) is 0.357. The molecule has 3 heterocycles. The van der Waals surface area contributed by atoms with Crippen LogP contribution in [0.25, 0.3) is 4.96 Å². The van der Waals surface area contributed by atoms with Crippen molar-refractivity contribution in [3.63, 3.8) is 0 Å². The van der Waals surface area contributed by atoms with Gasteiger partial charge in [0.05, 0.1) is 5.69 Å². The van der Waals surface area contributed by atoms with E-state index in [4.69, 9.17) is 5.73 Å². The molecule has 3 aromatic heterocycles. The summed E-state index contributed by atoms with van der Waals surface area (Å²) in [7, 11) is 0. The van der Waals surface area contributed by atoms with Crippen molar-refractivity contribution in [2.24, 2.45) is 5.73 Å². The van der Waals surface area contributed by atoms with Crippen LogP contribution in [-0.2, 0) is 6.42 Å². The van der Waals surface area contributed by atoms with Gasteiger partial charge in [-0.15, -0.1) is 11.3 Å². The first kappa shape index (κ1) is 14.5. The molecule has 2 N–H and O–H groups in total. The van der Waals surface area contributed by atoms with Crippen LogP contribution in [0.5, 0.6) is 0 Å². The summed E-state index contributed by atoms with van der Waals surface area (Å²) in [5.74, 6) is 0. The number of thiazole rings is 1. The Labute approximate surface area is 131 Å². The molecule has 0 amide bonds. The van der Waals surface area contributed by atoms with Crippen LogP contribution in [-0.4, -0.2) is 25.4 Å². The van der Waals surface area contributed by atoms with Gasteiger partial charge in [0.2, 0.25) is 0 Å². The topological polar surface area (TPSA) is 69.1 Å². The summed E-state index contributed by atoms with van der Waals surface area (Å²) in [5.41, 5.74) is 8.33. The number of hydrogen-bond acceptors (Lipinski definition) is 6. The molecule has 0 saturated heterocycles. The average Bonchev–Trinajstić information content (AvgIpc) is 3.04. The van der Waals surface area contributed by atoms with Gasteiger partial charge in [-0.3, -0.25) is 4.40 Å². The zero-order chi connectivity index (χ0) is 14.8. The van der Waals surface area contributed by atoms with Crippen molar-refractivity contribution in [3.05, 3.63) is 35.2 Å². The number of nitrogens with two attached hydrogens (primary N) is 1. The van der Waals surface area contributed by atoms with Gasteiger partial charge in [-0.05, 0) is 30.7 Å². The molecule has 0 aliphatic rings. The van der Waals surface area contributed by atoms with Gasteiger partial charge in [0.15, 0.2) is 10.1 Å². The largest absolute Gasteiger partial charge is 0.327 e. The first-order valence-electron chi connectivity index (χ1n) is 6.84. The fourth-order valence-corrected chi connectivity index (χ4v) is 3.60. The third kappa shape index (κ3) is 3.09. The lowest BCUT2D eigenvalue weighted by Crippen LogP contribution is -2.22. The summed E-state index contributed by atoms with van der Waals surface area (Å²) in [6.45, 7) is 4.08. The van der Waals surface area contributed by atoms with Crippen LogP contribution in [0.3, 0.4) is 0 Å². The quantitative estimate of drug-likeness (QED) is 0.732. The van der Waals surface area contributed by atoms with Gasteiger partial charge >= 0.3 is 0 Å². The van der Waals surface area contributed by atoms with E-state index in [1.54, 1.807) is 11.3 Å². The zero-order valence-electron chi connectivity index (χ0n) is 12.0. The lowest BCUT2D eigenvalue weighted by Gasteiger charge is -2.09. The van der Waals surface area contributed by atoms with Gasteiger partial charge in [-0.25, -0.2) is 15.0 Å². The van der Waals surface area contributed by atoms with E-state index in [1.165, 1.54) is 11.8 Å². The van der Waals surface area contributed by atoms with Crippen molar-refractivity contribution in [1.29, 1.82) is 0 Å². The predicted molar refractivity (Wildman–Crippen MR) is 85.9 cm³/mol. The summed E-state index contributed by atoms with van der Waals surface area (Å²) >= 11 is 3.13. The molecule has 0 saturated carbocycles. The van der Waals surface area contributed by atoms with E-state index < -0.39 is 0 Å². The Morgan fingerprint density at radius 2 is 2.14 bits per heavy atom. The normalized spacial score (nSPS) is 12.9. The molecule has 110 valence electrons. The molecule has 1 unspecified atom stereocenters. The number of nitrogens with zero attached hydrogens (tertiary/aromatic N) is 4. The Balaban J connectivity index is 1.94. The van der Waals surface area contributed by atoms with Crippen LogP contribution in [0.15, 0.2) is 34.2 Å². The molecule has 3 aromatic rings. The summed E-state index contributed by atoms with van der Waals surface area (Å²) in [6.07, 6.45) is 7.45. The first-order chi connectivity index (χ1) is 10.2. The molecule has 0 aliphatic carbocycles. The second kappa shape index (κ2) is 6.13. The van der Waals surface area contributed by atoms with Crippen LogP contribution in [0.1, 0.15) is 24.6 Å². The summed E-state index contributed by atoms with van der Waals surface area (Å²) in [6, 6.07) is 0.142. The molecule has 0 aromatic carbocycles. The number of hydrogen-bond donors (Lipinski definition) is 1. The molecular weight excluding hydrogens is 302 g/mol. The number of aryl methyl sites for hydroxylation is 1. The molecule has 0 fully saturated rings. The van der Waals surface area contributed by atoms with E-state index in [9.17, 15) is 0 Å². The molecular formula is C14H17N5S2. The maximum atomic E-state index is 6.13. The lowest BCUT2D eigenvalue weighted by atomic mass is 10.1. The molecule has 0 bridgehead atoms. The zero-order valence-corrected chi connectivity index (χ0v) is 13.6. The fourth-order valence-electron chi connectivity index (χ4n) is 1.99. The van der Waals surface area contributed by atoms with Crippen molar-refractivity contribution in [3.8, 4) is 0 Å². The molecule has 0 aliphatic heterocycles. The standard InChI is InChI=1S/C14H17N5S2/c1-3-10(15)6-11-12(18-14-19(11)4-5-20-14)21-13-16-7-9(2)8-17-13/h4-5,7-8,10H,3,6,15H2,1-2H3. The van der Waals surface area contributed by atoms with Crippen molar-refractivity contribution in [2.45, 2.75) is 42.9 Å². The number of aromatic nitrogens is 4. The maximum Gasteiger partial charge on any atom is 0.194 e. The minimum atomic E-state index is 0.142. The molecule has 21 heavy (non-hydrogen) atoms. The second-order valence-corrected chi connectivity index (χ2v) is 6.77. The van der Waals surface area contributed by atoms with E-state index in [0.717, 1.165) is 39.2 Å². The lowest BCUT2D eigenvalue weighted by molar-refractivity contribution is 0.627. The Kier molecular flexibility index (Phi) is 4.23. The molecule has 3 rings (SSSR count). The minimum absolute atomic E-state index is 0.142. The van der Waals surface area contributed by atoms with Crippen LogP contribution < -0.4 is 5.73 Å². The molecule has 0 spiro atoms. The van der Waals surface area contributed by atoms with E-state index in [2.05, 4.69) is 26.3 Å². The second-order valence-electron chi connectivity index (χ2n) is 4.94. The van der Waals surface area contributed by atoms with Crippen molar-refractivity contribution in [2.75, 3.05) is 0 Å². The number of rotatable bonds is 5. The molecule has 5 nitrogen and oxygen atoms in total. The first-order valence-corrected chi connectivity index (χ1v) is 8.53. The Hall–Kier alpha value is -1.44. The number of imidazole rings is 1. The highest BCUT2D eigenvalue weighted by Gasteiger charge is 2.17. The van der Waals surface area contributed by atoms with Gasteiger partial charge in [-0.1, -0.05) is 6.92 Å². The van der Waals surface area contributed by atoms with Crippen molar-refractivity contribution >= 4 is 28.1 Å². The predicted octanol–water partition coefficient (Wildman–Crippen LogP) is 2.93. The van der Waals surface area contributed by atoms with Crippen LogP contribution in [0.2, 0.25) is 0 Å². The third-order valence-electron chi connectivity index (χ3n) is 3.25. The summed E-state index contributed by atoms with van der Waals surface area (Å²) in [4.78, 5) is 14.4. The highest BCUT2D eigenvalue weighted by molar-refractivity contribution is 7.99. The van der Waals surface area contributed by atoms with Gasteiger partial charge in [-0.2, -0.15) is 0 Å². The summed E-state index contributed by atoms with van der Waals surface area (Å²) < 4.78 is 2.12. The molecule has 0 radical (unpaired) electrons. The maximum absolute atomic E-state index is 6.13.